The van der Waals surface area contributed by atoms with Crippen LogP contribution in [0.2, 0.25) is 0 Å². The minimum absolute atomic E-state index is 0.0757. The summed E-state index contributed by atoms with van der Waals surface area (Å²) in [5, 5.41) is 14.8. The Hall–Kier alpha value is -2.18. The lowest BCUT2D eigenvalue weighted by molar-refractivity contribution is 0.0918. The molecular formula is C12H15N5O2. The average Bonchev–Trinajstić information content (AvgIpc) is 2.97. The van der Waals surface area contributed by atoms with Gasteiger partial charge in [-0.3, -0.25) is 4.79 Å². The number of hydrogen-bond acceptors (Lipinski definition) is 5. The zero-order valence-corrected chi connectivity index (χ0v) is 10.9. The maximum absolute atomic E-state index is 12.0. The fourth-order valence-corrected chi connectivity index (χ4v) is 2.31. The standard InChI is InChI=1S/C12H15N5O2/c1-7-5-10(16-19-7)12(18)13-9-3-4-11-15-14-8(2)17(11)6-9/h5,9H,3-4,6H2,1-2H3,(H,13,18). The van der Waals surface area contributed by atoms with Gasteiger partial charge in [-0.2, -0.15) is 0 Å². The van der Waals surface area contributed by atoms with E-state index in [4.69, 9.17) is 4.52 Å². The largest absolute Gasteiger partial charge is 0.361 e. The molecule has 1 amide bonds. The highest BCUT2D eigenvalue weighted by atomic mass is 16.5. The Morgan fingerprint density at radius 2 is 2.32 bits per heavy atom. The minimum atomic E-state index is -0.198. The Morgan fingerprint density at radius 3 is 3.05 bits per heavy atom. The van der Waals surface area contributed by atoms with Crippen LogP contribution in [-0.4, -0.2) is 31.9 Å². The highest BCUT2D eigenvalue weighted by Gasteiger charge is 2.24. The van der Waals surface area contributed by atoms with E-state index in [0.717, 1.165) is 24.5 Å². The summed E-state index contributed by atoms with van der Waals surface area (Å²) in [6.45, 7) is 4.38. The first-order chi connectivity index (χ1) is 9.13. The predicted octanol–water partition coefficient (Wildman–Crippen LogP) is 0.628. The number of carbonyl (C=O) groups excluding carboxylic acids is 1. The van der Waals surface area contributed by atoms with Crippen molar-refractivity contribution in [2.75, 3.05) is 0 Å². The van der Waals surface area contributed by atoms with Crippen molar-refractivity contribution in [3.05, 3.63) is 29.2 Å². The molecule has 0 aliphatic carbocycles. The number of amides is 1. The van der Waals surface area contributed by atoms with Gasteiger partial charge in [-0.1, -0.05) is 5.16 Å². The summed E-state index contributed by atoms with van der Waals surface area (Å²) >= 11 is 0. The zero-order valence-electron chi connectivity index (χ0n) is 10.9. The molecule has 1 aliphatic rings. The van der Waals surface area contributed by atoms with Gasteiger partial charge in [-0.15, -0.1) is 10.2 Å². The molecule has 3 heterocycles. The van der Waals surface area contributed by atoms with Crippen LogP contribution in [0.15, 0.2) is 10.6 Å². The number of aromatic nitrogens is 4. The Labute approximate surface area is 110 Å². The molecule has 2 aromatic rings. The van der Waals surface area contributed by atoms with Gasteiger partial charge in [0.1, 0.15) is 17.4 Å². The topological polar surface area (TPSA) is 85.8 Å². The Bertz CT molecular complexity index is 615. The van der Waals surface area contributed by atoms with Crippen LogP contribution in [0.3, 0.4) is 0 Å². The minimum Gasteiger partial charge on any atom is -0.361 e. The van der Waals surface area contributed by atoms with Crippen molar-refractivity contribution >= 4 is 5.91 Å². The normalized spacial score (nSPS) is 18.1. The molecule has 2 aromatic heterocycles. The highest BCUT2D eigenvalue weighted by Crippen LogP contribution is 2.15. The van der Waals surface area contributed by atoms with Crippen LogP contribution in [0.5, 0.6) is 0 Å². The Kier molecular flexibility index (Phi) is 2.81. The summed E-state index contributed by atoms with van der Waals surface area (Å²) in [6, 6.07) is 1.71. The van der Waals surface area contributed by atoms with Crippen molar-refractivity contribution in [3.8, 4) is 0 Å². The van der Waals surface area contributed by atoms with Crippen molar-refractivity contribution in [1.82, 2.24) is 25.2 Å². The van der Waals surface area contributed by atoms with Crippen molar-refractivity contribution in [1.29, 1.82) is 0 Å². The van der Waals surface area contributed by atoms with E-state index in [2.05, 4.69) is 20.7 Å². The number of nitrogens with zero attached hydrogens (tertiary/aromatic N) is 4. The smallest absolute Gasteiger partial charge is 0.273 e. The van der Waals surface area contributed by atoms with Gasteiger partial charge in [0.2, 0.25) is 0 Å². The molecule has 0 saturated heterocycles. The molecule has 0 saturated carbocycles. The number of carbonyl (C=O) groups is 1. The highest BCUT2D eigenvalue weighted by molar-refractivity contribution is 5.92. The second-order valence-electron chi connectivity index (χ2n) is 4.81. The maximum atomic E-state index is 12.0. The summed E-state index contributed by atoms with van der Waals surface area (Å²) in [6.07, 6.45) is 1.68. The third-order valence-electron chi connectivity index (χ3n) is 3.33. The SMILES string of the molecule is Cc1cc(C(=O)NC2CCc3nnc(C)n3C2)no1. The molecule has 0 spiro atoms. The Balaban J connectivity index is 1.69. The Morgan fingerprint density at radius 1 is 1.47 bits per heavy atom. The van der Waals surface area contributed by atoms with Gasteiger partial charge in [0.15, 0.2) is 5.69 Å². The zero-order chi connectivity index (χ0) is 13.4. The van der Waals surface area contributed by atoms with Crippen LogP contribution < -0.4 is 5.32 Å². The molecule has 3 rings (SSSR count). The lowest BCUT2D eigenvalue weighted by Crippen LogP contribution is -2.41. The van der Waals surface area contributed by atoms with E-state index >= 15 is 0 Å². The molecular weight excluding hydrogens is 246 g/mol. The molecule has 1 N–H and O–H groups in total. The van der Waals surface area contributed by atoms with E-state index in [0.29, 0.717) is 18.0 Å². The first kappa shape index (κ1) is 11.9. The molecule has 7 nitrogen and oxygen atoms in total. The monoisotopic (exact) mass is 261 g/mol. The van der Waals surface area contributed by atoms with Gasteiger partial charge in [0.25, 0.3) is 5.91 Å². The van der Waals surface area contributed by atoms with Crippen LogP contribution in [0.25, 0.3) is 0 Å². The van der Waals surface area contributed by atoms with Crippen LogP contribution >= 0.6 is 0 Å². The van der Waals surface area contributed by atoms with E-state index in [1.165, 1.54) is 0 Å². The molecule has 1 unspecified atom stereocenters. The van der Waals surface area contributed by atoms with Gasteiger partial charge in [-0.05, 0) is 20.3 Å². The van der Waals surface area contributed by atoms with Crippen molar-refractivity contribution in [2.45, 2.75) is 39.3 Å². The number of aryl methyl sites for hydroxylation is 3. The average molecular weight is 261 g/mol. The van der Waals surface area contributed by atoms with E-state index in [1.807, 2.05) is 11.5 Å². The maximum Gasteiger partial charge on any atom is 0.273 e. The summed E-state index contributed by atoms with van der Waals surface area (Å²) in [5.41, 5.74) is 0.323. The number of fused-ring (bicyclic) bond motifs is 1. The van der Waals surface area contributed by atoms with Crippen molar-refractivity contribution < 1.29 is 9.32 Å². The van der Waals surface area contributed by atoms with E-state index < -0.39 is 0 Å². The van der Waals surface area contributed by atoms with Crippen LogP contribution in [-0.2, 0) is 13.0 Å². The van der Waals surface area contributed by atoms with Crippen LogP contribution in [0.1, 0.15) is 34.3 Å². The van der Waals surface area contributed by atoms with E-state index in [1.54, 1.807) is 13.0 Å². The molecule has 0 bridgehead atoms. The predicted molar refractivity (Wildman–Crippen MR) is 65.6 cm³/mol. The van der Waals surface area contributed by atoms with Crippen LogP contribution in [0, 0.1) is 13.8 Å². The fourth-order valence-electron chi connectivity index (χ4n) is 2.31. The first-order valence-corrected chi connectivity index (χ1v) is 6.26. The fraction of sp³-hybridized carbons (Fsp3) is 0.500. The summed E-state index contributed by atoms with van der Waals surface area (Å²) in [4.78, 5) is 12.0. The van der Waals surface area contributed by atoms with Crippen molar-refractivity contribution in [3.63, 3.8) is 0 Å². The molecule has 0 aromatic carbocycles. The first-order valence-electron chi connectivity index (χ1n) is 6.26. The second kappa shape index (κ2) is 4.49. The van der Waals surface area contributed by atoms with Gasteiger partial charge >= 0.3 is 0 Å². The molecule has 1 aliphatic heterocycles. The van der Waals surface area contributed by atoms with Gasteiger partial charge in [-0.25, -0.2) is 0 Å². The molecule has 100 valence electrons. The second-order valence-corrected chi connectivity index (χ2v) is 4.81. The number of hydrogen-bond donors (Lipinski definition) is 1. The summed E-state index contributed by atoms with van der Waals surface area (Å²) in [7, 11) is 0. The van der Waals surface area contributed by atoms with Crippen LogP contribution in [0.4, 0.5) is 0 Å². The number of rotatable bonds is 2. The summed E-state index contributed by atoms with van der Waals surface area (Å²) in [5.74, 6) is 2.30. The molecule has 7 heteroatoms. The molecule has 1 atom stereocenters. The molecule has 0 fully saturated rings. The molecule has 0 radical (unpaired) electrons. The third kappa shape index (κ3) is 2.23. The van der Waals surface area contributed by atoms with Gasteiger partial charge in [0.05, 0.1) is 0 Å². The number of nitrogens with one attached hydrogen (secondary N) is 1. The lowest BCUT2D eigenvalue weighted by atomic mass is 10.1. The third-order valence-corrected chi connectivity index (χ3v) is 3.33. The molecule has 19 heavy (non-hydrogen) atoms. The van der Waals surface area contributed by atoms with Gasteiger partial charge in [0, 0.05) is 25.1 Å². The summed E-state index contributed by atoms with van der Waals surface area (Å²) < 4.78 is 6.95. The van der Waals surface area contributed by atoms with E-state index in [9.17, 15) is 4.79 Å². The quantitative estimate of drug-likeness (QED) is 0.856. The lowest BCUT2D eigenvalue weighted by Gasteiger charge is -2.24. The van der Waals surface area contributed by atoms with Gasteiger partial charge < -0.3 is 14.4 Å². The van der Waals surface area contributed by atoms with Crippen molar-refractivity contribution in [2.24, 2.45) is 0 Å². The van der Waals surface area contributed by atoms with E-state index in [-0.39, 0.29) is 11.9 Å².